The molecule has 2 atom stereocenters. The number of hydrogen-bond acceptors (Lipinski definition) is 3. The lowest BCUT2D eigenvalue weighted by atomic mass is 10.1. The summed E-state index contributed by atoms with van der Waals surface area (Å²) in [6, 6.07) is 10.8. The van der Waals surface area contributed by atoms with Gasteiger partial charge < -0.3 is 15.2 Å². The number of aliphatic hydroxyl groups is 1. The second-order valence-electron chi connectivity index (χ2n) is 4.11. The topological polar surface area (TPSA) is 41.5 Å². The van der Waals surface area contributed by atoms with Crippen LogP contribution >= 0.6 is 0 Å². The SMILES string of the molecule is [2H]C([2H])([2H])C(C)NC([2H])([2H])C(O)C([2H])([2H])Oc1cccc2ccccc12. The molecule has 19 heavy (non-hydrogen) atoms. The standard InChI is InChI=1S/C16H21NO2/c1-12(2)17-10-14(18)11-19-16-9-5-7-13-6-3-4-8-15(13)16/h3-9,12,14,17-18H,10-11H2,1-2H3/i1D3,10D2,11D2. The molecule has 0 aliphatic heterocycles. The average molecular weight is 266 g/mol. The first-order valence-corrected chi connectivity index (χ1v) is 5.97. The Kier molecular flexibility index (Phi) is 2.50. The molecular formula is C16H21NO2. The molecule has 0 fully saturated rings. The quantitative estimate of drug-likeness (QED) is 0.844. The lowest BCUT2D eigenvalue weighted by Crippen LogP contribution is -2.35. The van der Waals surface area contributed by atoms with E-state index in [1.54, 1.807) is 18.2 Å². The molecule has 0 amide bonds. The van der Waals surface area contributed by atoms with Crippen LogP contribution in [0.5, 0.6) is 5.75 Å². The molecule has 0 aromatic heterocycles. The molecule has 0 radical (unpaired) electrons. The molecule has 0 heterocycles. The molecule has 0 spiro atoms. The van der Waals surface area contributed by atoms with Gasteiger partial charge in [0.1, 0.15) is 18.4 Å². The van der Waals surface area contributed by atoms with Gasteiger partial charge in [-0.05, 0) is 11.5 Å². The summed E-state index contributed by atoms with van der Waals surface area (Å²) in [6.07, 6.45) is -2.28. The van der Waals surface area contributed by atoms with Crippen molar-refractivity contribution >= 4 is 10.8 Å². The molecule has 2 aromatic rings. The molecule has 0 aliphatic rings. The van der Waals surface area contributed by atoms with E-state index in [0.717, 1.165) is 5.39 Å². The molecule has 102 valence electrons. The minimum absolute atomic E-state index is 0.145. The van der Waals surface area contributed by atoms with Crippen molar-refractivity contribution in [2.75, 3.05) is 13.1 Å². The van der Waals surface area contributed by atoms with E-state index >= 15 is 0 Å². The number of fused-ring (bicyclic) bond motifs is 1. The van der Waals surface area contributed by atoms with Gasteiger partial charge in [-0.15, -0.1) is 0 Å². The molecule has 3 nitrogen and oxygen atoms in total. The summed E-state index contributed by atoms with van der Waals surface area (Å²) in [6.45, 7) is -6.81. The Morgan fingerprint density at radius 3 is 2.95 bits per heavy atom. The van der Waals surface area contributed by atoms with E-state index in [1.165, 1.54) is 13.0 Å². The van der Waals surface area contributed by atoms with Gasteiger partial charge >= 0.3 is 0 Å². The maximum absolute atomic E-state index is 10.2. The zero-order valence-electron chi connectivity index (χ0n) is 17.6. The van der Waals surface area contributed by atoms with Crippen molar-refractivity contribution in [3.63, 3.8) is 0 Å². The maximum atomic E-state index is 10.2. The monoisotopic (exact) mass is 266 g/mol. The summed E-state index contributed by atoms with van der Waals surface area (Å²) >= 11 is 0. The molecule has 0 bridgehead atoms. The molecule has 0 aliphatic carbocycles. The van der Waals surface area contributed by atoms with Gasteiger partial charge in [0.05, 0.1) is 2.74 Å². The van der Waals surface area contributed by atoms with Crippen LogP contribution < -0.4 is 10.1 Å². The smallest absolute Gasteiger partial charge is 0.127 e. The van der Waals surface area contributed by atoms with Crippen LogP contribution in [-0.2, 0) is 0 Å². The fraction of sp³-hybridized carbons (Fsp3) is 0.375. The minimum atomic E-state index is -2.81. The second kappa shape index (κ2) is 6.55. The average Bonchev–Trinajstić information content (AvgIpc) is 2.53. The molecule has 2 rings (SSSR count). The van der Waals surface area contributed by atoms with Crippen molar-refractivity contribution in [1.29, 1.82) is 0 Å². The van der Waals surface area contributed by atoms with Gasteiger partial charge in [0.2, 0.25) is 0 Å². The fourth-order valence-electron chi connectivity index (χ4n) is 1.64. The Morgan fingerprint density at radius 1 is 1.32 bits per heavy atom. The van der Waals surface area contributed by atoms with E-state index in [-0.39, 0.29) is 5.75 Å². The lowest BCUT2D eigenvalue weighted by molar-refractivity contribution is 0.105. The molecular weight excluding hydrogens is 238 g/mol. The number of nitrogens with one attached hydrogen (secondary N) is 1. The van der Waals surface area contributed by atoms with Crippen molar-refractivity contribution < 1.29 is 19.4 Å². The van der Waals surface area contributed by atoms with Crippen molar-refractivity contribution in [3.05, 3.63) is 42.5 Å². The highest BCUT2D eigenvalue weighted by Crippen LogP contribution is 2.25. The number of hydrogen-bond donors (Lipinski definition) is 2. The molecule has 3 heteroatoms. The Morgan fingerprint density at radius 2 is 2.11 bits per heavy atom. The first-order chi connectivity index (χ1) is 11.8. The zero-order chi connectivity index (χ0) is 19.8. The van der Waals surface area contributed by atoms with Crippen LogP contribution in [-0.4, -0.2) is 30.3 Å². The predicted molar refractivity (Wildman–Crippen MR) is 78.6 cm³/mol. The van der Waals surface area contributed by atoms with Crippen LogP contribution in [0.2, 0.25) is 0 Å². The van der Waals surface area contributed by atoms with E-state index in [9.17, 15) is 5.11 Å². The summed E-state index contributed by atoms with van der Waals surface area (Å²) in [5.74, 6) is 0.145. The number of rotatable bonds is 6. The number of ether oxygens (including phenoxy) is 1. The third kappa shape index (κ3) is 3.94. The molecule has 2 aromatic carbocycles. The van der Waals surface area contributed by atoms with E-state index in [1.807, 2.05) is 18.2 Å². The molecule has 2 N–H and O–H groups in total. The third-order valence-electron chi connectivity index (χ3n) is 2.47. The van der Waals surface area contributed by atoms with E-state index in [2.05, 4.69) is 5.32 Å². The predicted octanol–water partition coefficient (Wildman–Crippen LogP) is 2.58. The van der Waals surface area contributed by atoms with Crippen molar-refractivity contribution in [2.24, 2.45) is 0 Å². The van der Waals surface area contributed by atoms with Crippen LogP contribution in [0.15, 0.2) is 42.5 Å². The Bertz CT molecular complexity index is 758. The number of benzene rings is 2. The molecule has 0 saturated carbocycles. The van der Waals surface area contributed by atoms with Gasteiger partial charge in [0.25, 0.3) is 0 Å². The number of aliphatic hydroxyl groups excluding tert-OH is 1. The van der Waals surface area contributed by atoms with Gasteiger partial charge in [-0.3, -0.25) is 0 Å². The Labute approximate surface area is 124 Å². The minimum Gasteiger partial charge on any atom is -0.490 e. The van der Waals surface area contributed by atoms with E-state index in [0.29, 0.717) is 5.39 Å². The highest BCUT2D eigenvalue weighted by molar-refractivity contribution is 5.88. The second-order valence-corrected chi connectivity index (χ2v) is 4.11. The largest absolute Gasteiger partial charge is 0.490 e. The van der Waals surface area contributed by atoms with Crippen LogP contribution in [0.1, 0.15) is 23.4 Å². The van der Waals surface area contributed by atoms with Crippen molar-refractivity contribution in [1.82, 2.24) is 5.32 Å². The van der Waals surface area contributed by atoms with Gasteiger partial charge in [-0.2, -0.15) is 0 Å². The Balaban J connectivity index is 2.25. The lowest BCUT2D eigenvalue weighted by Gasteiger charge is -2.15. The maximum Gasteiger partial charge on any atom is 0.127 e. The summed E-state index contributed by atoms with van der Waals surface area (Å²) in [5, 5.41) is 13.8. The van der Waals surface area contributed by atoms with Crippen LogP contribution in [0.25, 0.3) is 10.8 Å². The van der Waals surface area contributed by atoms with Gasteiger partial charge in [-0.25, -0.2) is 0 Å². The first-order valence-electron chi connectivity index (χ1n) is 9.47. The van der Waals surface area contributed by atoms with E-state index in [4.69, 9.17) is 14.3 Å². The van der Waals surface area contributed by atoms with Crippen molar-refractivity contribution in [2.45, 2.75) is 25.9 Å². The fourth-order valence-corrected chi connectivity index (χ4v) is 1.64. The molecule has 2 unspecified atom stereocenters. The van der Waals surface area contributed by atoms with Gasteiger partial charge in [-0.1, -0.05) is 50.2 Å². The highest BCUT2D eigenvalue weighted by atomic mass is 16.5. The van der Waals surface area contributed by atoms with Gasteiger partial charge in [0.15, 0.2) is 0 Å². The molecule has 0 saturated heterocycles. The normalized spacial score (nSPS) is 21.9. The highest BCUT2D eigenvalue weighted by Gasteiger charge is 2.07. The van der Waals surface area contributed by atoms with Crippen LogP contribution in [0.3, 0.4) is 0 Å². The van der Waals surface area contributed by atoms with Gasteiger partial charge in [0, 0.05) is 24.8 Å². The summed E-state index contributed by atoms with van der Waals surface area (Å²) < 4.78 is 58.8. The van der Waals surface area contributed by atoms with Crippen molar-refractivity contribution in [3.8, 4) is 5.75 Å². The van der Waals surface area contributed by atoms with Crippen LogP contribution in [0.4, 0.5) is 0 Å². The first kappa shape index (κ1) is 7.27. The van der Waals surface area contributed by atoms with E-state index < -0.39 is 32.1 Å². The summed E-state index contributed by atoms with van der Waals surface area (Å²) in [7, 11) is 0. The third-order valence-corrected chi connectivity index (χ3v) is 2.47. The Hall–Kier alpha value is -1.58. The summed E-state index contributed by atoms with van der Waals surface area (Å²) in [4.78, 5) is 0. The van der Waals surface area contributed by atoms with Crippen LogP contribution in [0, 0.1) is 0 Å². The summed E-state index contributed by atoms with van der Waals surface area (Å²) in [5.41, 5.74) is 0. The zero-order valence-corrected chi connectivity index (χ0v) is 10.6.